The first-order chi connectivity index (χ1) is 17.2. The van der Waals surface area contributed by atoms with Crippen LogP contribution in [-0.2, 0) is 14.3 Å². The van der Waals surface area contributed by atoms with E-state index < -0.39 is 5.97 Å². The largest absolute Gasteiger partial charge is 0.497 e. The summed E-state index contributed by atoms with van der Waals surface area (Å²) in [5.74, 6) is 1.44. The first kappa shape index (κ1) is 25.0. The van der Waals surface area contributed by atoms with E-state index in [-0.39, 0.29) is 17.6 Å². The lowest BCUT2D eigenvalue weighted by molar-refractivity contribution is -0.140. The van der Waals surface area contributed by atoms with Gasteiger partial charge in [-0.25, -0.2) is 0 Å². The van der Waals surface area contributed by atoms with Gasteiger partial charge in [0.25, 0.3) is 5.91 Å². The monoisotopic (exact) mass is 505 g/mol. The molecule has 8 nitrogen and oxygen atoms in total. The normalized spacial score (nSPS) is 14.5. The van der Waals surface area contributed by atoms with Gasteiger partial charge in [0.2, 0.25) is 0 Å². The summed E-state index contributed by atoms with van der Waals surface area (Å²) in [5, 5.41) is 0.262. The highest BCUT2D eigenvalue weighted by Crippen LogP contribution is 2.29. The van der Waals surface area contributed by atoms with Crippen LogP contribution >= 0.6 is 12.2 Å². The molecule has 0 spiro atoms. The number of thiocarbonyl (C=S) groups is 1. The Labute approximate surface area is 215 Å². The molecule has 0 N–H and O–H groups in total. The van der Waals surface area contributed by atoms with Crippen LogP contribution in [0.1, 0.15) is 17.0 Å². The van der Waals surface area contributed by atoms with E-state index in [0.717, 1.165) is 28.4 Å². The average Bonchev–Trinajstić information content (AvgIpc) is 3.27. The SMILES string of the molecule is COC(=O)CN1C(=S)N(C)C(=O)/C1=C/c1cc(C)n(-c2ccc(Oc3ccc(OC)cc3)cc2)c1C. The van der Waals surface area contributed by atoms with E-state index >= 15 is 0 Å². The third-order valence-corrected chi connectivity index (χ3v) is 6.49. The maximum absolute atomic E-state index is 12.8. The zero-order valence-electron chi connectivity index (χ0n) is 20.8. The van der Waals surface area contributed by atoms with Crippen LogP contribution in [0.3, 0.4) is 0 Å². The van der Waals surface area contributed by atoms with E-state index in [1.807, 2.05) is 68.4 Å². The number of aryl methyl sites for hydroxylation is 1. The van der Waals surface area contributed by atoms with Gasteiger partial charge in [-0.15, -0.1) is 0 Å². The van der Waals surface area contributed by atoms with Crippen molar-refractivity contribution in [3.05, 3.63) is 77.2 Å². The zero-order valence-corrected chi connectivity index (χ0v) is 21.6. The molecule has 2 heterocycles. The molecular formula is C27H27N3O5S. The zero-order chi connectivity index (χ0) is 26.0. The fourth-order valence-electron chi connectivity index (χ4n) is 4.07. The summed E-state index contributed by atoms with van der Waals surface area (Å²) in [7, 11) is 4.52. The number of benzene rings is 2. The van der Waals surface area contributed by atoms with E-state index in [0.29, 0.717) is 17.2 Å². The Morgan fingerprint density at radius 2 is 1.56 bits per heavy atom. The minimum atomic E-state index is -0.478. The van der Waals surface area contributed by atoms with Crippen LogP contribution in [0.25, 0.3) is 11.8 Å². The smallest absolute Gasteiger partial charge is 0.325 e. The second-order valence-corrected chi connectivity index (χ2v) is 8.64. The molecule has 0 saturated carbocycles. The van der Waals surface area contributed by atoms with Crippen molar-refractivity contribution in [3.63, 3.8) is 0 Å². The van der Waals surface area contributed by atoms with Crippen molar-refractivity contribution in [3.8, 4) is 22.9 Å². The summed E-state index contributed by atoms with van der Waals surface area (Å²) in [4.78, 5) is 27.6. The van der Waals surface area contributed by atoms with Crippen LogP contribution in [0.2, 0.25) is 0 Å². The molecule has 1 saturated heterocycles. The number of methoxy groups -OCH3 is 2. The summed E-state index contributed by atoms with van der Waals surface area (Å²) >= 11 is 5.37. The van der Waals surface area contributed by atoms with E-state index in [1.165, 1.54) is 16.9 Å². The van der Waals surface area contributed by atoms with Crippen LogP contribution < -0.4 is 9.47 Å². The Kier molecular flexibility index (Phi) is 7.12. The maximum Gasteiger partial charge on any atom is 0.325 e. The number of amides is 1. The minimum absolute atomic E-state index is 0.133. The lowest BCUT2D eigenvalue weighted by atomic mass is 10.2. The molecule has 1 aliphatic heterocycles. The number of likely N-dealkylation sites (N-methyl/N-ethyl adjacent to an activating group) is 1. The molecule has 0 bridgehead atoms. The van der Waals surface area contributed by atoms with Crippen molar-refractivity contribution in [1.29, 1.82) is 0 Å². The molecule has 186 valence electrons. The van der Waals surface area contributed by atoms with Crippen molar-refractivity contribution in [1.82, 2.24) is 14.4 Å². The molecule has 0 radical (unpaired) electrons. The number of esters is 1. The summed E-state index contributed by atoms with van der Waals surface area (Å²) in [6, 6.07) is 17.1. The number of carbonyl (C=O) groups excluding carboxylic acids is 2. The molecule has 3 aromatic rings. The van der Waals surface area contributed by atoms with Crippen LogP contribution in [0.5, 0.6) is 17.2 Å². The minimum Gasteiger partial charge on any atom is -0.497 e. The molecule has 1 fully saturated rings. The lowest BCUT2D eigenvalue weighted by Crippen LogP contribution is -2.33. The molecule has 4 rings (SSSR count). The molecule has 0 aliphatic carbocycles. The third-order valence-electron chi connectivity index (χ3n) is 6.00. The van der Waals surface area contributed by atoms with Gasteiger partial charge in [-0.05, 0) is 92.3 Å². The van der Waals surface area contributed by atoms with Gasteiger partial charge in [0.05, 0.1) is 14.2 Å². The van der Waals surface area contributed by atoms with Gasteiger partial charge in [0.1, 0.15) is 29.5 Å². The van der Waals surface area contributed by atoms with Gasteiger partial charge in [-0.2, -0.15) is 0 Å². The molecule has 1 aromatic heterocycles. The van der Waals surface area contributed by atoms with Gasteiger partial charge in [-0.1, -0.05) is 0 Å². The van der Waals surface area contributed by atoms with Crippen molar-refractivity contribution >= 4 is 35.3 Å². The second-order valence-electron chi connectivity index (χ2n) is 8.27. The first-order valence-electron chi connectivity index (χ1n) is 11.2. The summed E-state index contributed by atoms with van der Waals surface area (Å²) < 4.78 is 18.0. The number of hydrogen-bond acceptors (Lipinski definition) is 6. The molecule has 0 atom stereocenters. The molecule has 1 aliphatic rings. The first-order valence-corrected chi connectivity index (χ1v) is 11.6. The highest BCUT2D eigenvalue weighted by atomic mass is 32.1. The van der Waals surface area contributed by atoms with Gasteiger partial charge >= 0.3 is 5.97 Å². The Morgan fingerprint density at radius 3 is 2.14 bits per heavy atom. The predicted molar refractivity (Wildman–Crippen MR) is 140 cm³/mol. The van der Waals surface area contributed by atoms with Crippen molar-refractivity contribution in [2.75, 3.05) is 27.8 Å². The summed E-state index contributed by atoms with van der Waals surface area (Å²) in [5.41, 5.74) is 4.06. The molecule has 1 amide bonds. The van der Waals surface area contributed by atoms with Crippen LogP contribution in [-0.4, -0.2) is 59.2 Å². The van der Waals surface area contributed by atoms with Crippen molar-refractivity contribution < 1.29 is 23.8 Å². The third kappa shape index (κ3) is 4.83. The van der Waals surface area contributed by atoms with Crippen LogP contribution in [0.15, 0.2) is 60.3 Å². The summed E-state index contributed by atoms with van der Waals surface area (Å²) in [6.45, 7) is 3.84. The molecular weight excluding hydrogens is 478 g/mol. The number of nitrogens with zero attached hydrogens (tertiary/aromatic N) is 3. The number of rotatable bonds is 7. The Hall–Kier alpha value is -4.11. The fraction of sp³-hybridized carbons (Fsp3) is 0.222. The number of hydrogen-bond donors (Lipinski definition) is 0. The van der Waals surface area contributed by atoms with Gasteiger partial charge in [-0.3, -0.25) is 14.5 Å². The van der Waals surface area contributed by atoms with E-state index in [1.54, 1.807) is 20.2 Å². The Balaban J connectivity index is 1.61. The van der Waals surface area contributed by atoms with Crippen LogP contribution in [0.4, 0.5) is 0 Å². The number of ether oxygens (including phenoxy) is 3. The molecule has 0 unspecified atom stereocenters. The van der Waals surface area contributed by atoms with E-state index in [9.17, 15) is 9.59 Å². The van der Waals surface area contributed by atoms with Crippen molar-refractivity contribution in [2.24, 2.45) is 0 Å². The van der Waals surface area contributed by atoms with Gasteiger partial charge in [0, 0.05) is 24.1 Å². The number of aromatic nitrogens is 1. The molecule has 36 heavy (non-hydrogen) atoms. The quantitative estimate of drug-likeness (QED) is 0.267. The lowest BCUT2D eigenvalue weighted by Gasteiger charge is -2.17. The van der Waals surface area contributed by atoms with Crippen molar-refractivity contribution in [2.45, 2.75) is 13.8 Å². The predicted octanol–water partition coefficient (Wildman–Crippen LogP) is 4.47. The van der Waals surface area contributed by atoms with E-state index in [4.69, 9.17) is 26.4 Å². The van der Waals surface area contributed by atoms with Gasteiger partial charge < -0.3 is 23.7 Å². The molecule has 2 aromatic carbocycles. The summed E-state index contributed by atoms with van der Waals surface area (Å²) in [6.07, 6.45) is 1.76. The molecule has 9 heteroatoms. The average molecular weight is 506 g/mol. The standard InChI is InChI=1S/C27H27N3O5S/c1-17-14-19(15-24-26(32)28(3)27(36)29(24)16-25(31)34-5)18(2)30(17)20-6-8-22(9-7-20)35-23-12-10-21(33-4)11-13-23/h6-15H,16H2,1-5H3/b24-15-. The fourth-order valence-corrected chi connectivity index (χ4v) is 4.31. The van der Waals surface area contributed by atoms with Crippen LogP contribution in [0, 0.1) is 13.8 Å². The highest BCUT2D eigenvalue weighted by molar-refractivity contribution is 7.80. The van der Waals surface area contributed by atoms with Gasteiger partial charge in [0.15, 0.2) is 5.11 Å². The Morgan fingerprint density at radius 1 is 0.972 bits per heavy atom. The maximum atomic E-state index is 12.8. The highest BCUT2D eigenvalue weighted by Gasteiger charge is 2.37. The topological polar surface area (TPSA) is 73.2 Å². The second kappa shape index (κ2) is 10.2. The van der Waals surface area contributed by atoms with E-state index in [2.05, 4.69) is 4.57 Å². The Bertz CT molecular complexity index is 1340. The number of carbonyl (C=O) groups is 2.